The van der Waals surface area contributed by atoms with Gasteiger partial charge < -0.3 is 20.1 Å². The molecule has 7 heteroatoms. The minimum atomic E-state index is -0.999. The number of rotatable bonds is 7. The van der Waals surface area contributed by atoms with Crippen LogP contribution in [0.4, 0.5) is 0 Å². The first-order valence-electron chi connectivity index (χ1n) is 7.59. The van der Waals surface area contributed by atoms with Gasteiger partial charge in [0.2, 0.25) is 11.8 Å². The van der Waals surface area contributed by atoms with Crippen LogP contribution >= 0.6 is 0 Å². The van der Waals surface area contributed by atoms with Gasteiger partial charge >= 0.3 is 5.97 Å². The van der Waals surface area contributed by atoms with Gasteiger partial charge in [0.1, 0.15) is 18.7 Å². The summed E-state index contributed by atoms with van der Waals surface area (Å²) < 4.78 is 4.86. The number of hydrogen-bond acceptors (Lipinski definition) is 5. The molecule has 1 aromatic carbocycles. The van der Waals surface area contributed by atoms with Crippen LogP contribution in [-0.4, -0.2) is 53.1 Å². The molecule has 7 nitrogen and oxygen atoms in total. The van der Waals surface area contributed by atoms with E-state index in [0.29, 0.717) is 0 Å². The number of piperazine rings is 1. The van der Waals surface area contributed by atoms with Crippen molar-refractivity contribution in [3.8, 4) is 0 Å². The molecule has 2 atom stereocenters. The first-order valence-corrected chi connectivity index (χ1v) is 7.59. The van der Waals surface area contributed by atoms with Crippen LogP contribution in [0.25, 0.3) is 0 Å². The molecule has 2 amide bonds. The fourth-order valence-corrected chi connectivity index (χ4v) is 2.49. The van der Waals surface area contributed by atoms with Crippen molar-refractivity contribution in [2.75, 3.05) is 13.2 Å². The van der Waals surface area contributed by atoms with Gasteiger partial charge in [-0.15, -0.1) is 0 Å². The number of benzene rings is 1. The highest BCUT2D eigenvalue weighted by Gasteiger charge is 2.41. The smallest absolute Gasteiger partial charge is 0.308 e. The number of hydrogen-bond donors (Lipinski definition) is 2. The van der Waals surface area contributed by atoms with Gasteiger partial charge in [-0.3, -0.25) is 14.4 Å². The molecule has 0 radical (unpaired) electrons. The summed E-state index contributed by atoms with van der Waals surface area (Å²) in [7, 11) is 0. The maximum absolute atomic E-state index is 12.6. The number of aliphatic hydroxyl groups is 1. The minimum Gasteiger partial charge on any atom is -0.461 e. The first kappa shape index (κ1) is 17.7. The Morgan fingerprint density at radius 2 is 2.04 bits per heavy atom. The van der Waals surface area contributed by atoms with Crippen molar-refractivity contribution in [1.82, 2.24) is 10.2 Å². The van der Waals surface area contributed by atoms with Gasteiger partial charge in [0.05, 0.1) is 13.0 Å². The second-order valence-corrected chi connectivity index (χ2v) is 5.39. The molecule has 2 rings (SSSR count). The number of ether oxygens (including phenoxy) is 1. The monoisotopic (exact) mass is 332 g/mol. The van der Waals surface area contributed by atoms with Crippen LogP contribution in [0, 0.1) is 0 Å². The van der Waals surface area contributed by atoms with Gasteiger partial charge in [-0.2, -0.15) is 0 Å². The summed E-state index contributed by atoms with van der Waals surface area (Å²) >= 11 is 0. The molecule has 0 aliphatic carbocycles. The van der Waals surface area contributed by atoms with Crippen molar-refractivity contribution in [2.45, 2.75) is 25.0 Å². The number of nitrogens with zero attached hydrogens (tertiary/aromatic N) is 1. The topological polar surface area (TPSA) is 95.9 Å². The van der Waals surface area contributed by atoms with Crippen molar-refractivity contribution < 1.29 is 24.2 Å². The normalized spacial score (nSPS) is 20.5. The number of carbonyl (C=O) groups excluding carboxylic acids is 3. The molecule has 1 fully saturated rings. The zero-order chi connectivity index (χ0) is 17.5. The van der Waals surface area contributed by atoms with Gasteiger partial charge in [0.25, 0.3) is 0 Å². The molecule has 1 aliphatic rings. The number of esters is 1. The lowest BCUT2D eigenvalue weighted by Crippen LogP contribution is -2.64. The fourth-order valence-electron chi connectivity index (χ4n) is 2.49. The molecule has 2 N–H and O–H groups in total. The second-order valence-electron chi connectivity index (χ2n) is 5.39. The van der Waals surface area contributed by atoms with Crippen LogP contribution in [0.3, 0.4) is 0 Å². The number of nitrogens with one attached hydrogen (secondary N) is 1. The van der Waals surface area contributed by atoms with Crippen molar-refractivity contribution in [3.63, 3.8) is 0 Å². The average molecular weight is 332 g/mol. The first-order chi connectivity index (χ1) is 11.6. The van der Waals surface area contributed by atoms with Crippen LogP contribution in [0.2, 0.25) is 0 Å². The zero-order valence-electron chi connectivity index (χ0n) is 13.2. The Bertz CT molecular complexity index is 617. The molecule has 24 heavy (non-hydrogen) atoms. The van der Waals surface area contributed by atoms with Crippen LogP contribution in [0.5, 0.6) is 0 Å². The van der Waals surface area contributed by atoms with E-state index in [9.17, 15) is 19.5 Å². The summed E-state index contributed by atoms with van der Waals surface area (Å²) in [6.45, 7) is 3.17. The van der Waals surface area contributed by atoms with Crippen molar-refractivity contribution >= 4 is 17.8 Å². The van der Waals surface area contributed by atoms with E-state index in [2.05, 4.69) is 11.9 Å². The SMILES string of the molecule is C=CCOC(=O)C[C@@H]1NC(=O)[C@H](CO)N(Cc2ccccc2)C1=O. The zero-order valence-corrected chi connectivity index (χ0v) is 13.2. The molecule has 128 valence electrons. The van der Waals surface area contributed by atoms with E-state index < -0.39 is 36.5 Å². The van der Waals surface area contributed by atoms with E-state index in [-0.39, 0.29) is 19.6 Å². The van der Waals surface area contributed by atoms with Crippen molar-refractivity contribution in [2.24, 2.45) is 0 Å². The van der Waals surface area contributed by atoms with Crippen LogP contribution < -0.4 is 5.32 Å². The van der Waals surface area contributed by atoms with E-state index >= 15 is 0 Å². The lowest BCUT2D eigenvalue weighted by molar-refractivity contribution is -0.155. The summed E-state index contributed by atoms with van der Waals surface area (Å²) in [6.07, 6.45) is 1.16. The van der Waals surface area contributed by atoms with E-state index in [1.807, 2.05) is 30.3 Å². The van der Waals surface area contributed by atoms with Gasteiger partial charge in [0, 0.05) is 6.54 Å². The maximum Gasteiger partial charge on any atom is 0.308 e. The standard InChI is InChI=1S/C17H20N2O5/c1-2-8-24-15(21)9-13-17(23)19(14(11-20)16(22)18-13)10-12-6-4-3-5-7-12/h2-7,13-14,20H,1,8-11H2,(H,18,22)/t13-,14-/m0/s1. The predicted octanol–water partition coefficient (Wildman–Crippen LogP) is -0.00620. The molecule has 1 aromatic rings. The molecule has 0 bridgehead atoms. The Balaban J connectivity index is 2.13. The third-order valence-corrected chi connectivity index (χ3v) is 3.68. The van der Waals surface area contributed by atoms with Crippen LogP contribution in [0.1, 0.15) is 12.0 Å². The Morgan fingerprint density at radius 3 is 2.67 bits per heavy atom. The molecule has 0 aromatic heterocycles. The molecule has 1 saturated heterocycles. The summed E-state index contributed by atoms with van der Waals surface area (Å²) in [5.74, 6) is -1.52. The van der Waals surface area contributed by atoms with Gasteiger partial charge in [-0.05, 0) is 5.56 Å². The second kappa shape index (κ2) is 8.26. The Kier molecular flexibility index (Phi) is 6.08. The molecule has 0 saturated carbocycles. The van der Waals surface area contributed by atoms with E-state index in [1.54, 1.807) is 0 Å². The molecule has 1 heterocycles. The Morgan fingerprint density at radius 1 is 1.33 bits per heavy atom. The third kappa shape index (κ3) is 4.20. The molecule has 0 unspecified atom stereocenters. The van der Waals surface area contributed by atoms with Gasteiger partial charge in [-0.25, -0.2) is 0 Å². The Labute approximate surface area is 139 Å². The highest BCUT2D eigenvalue weighted by atomic mass is 16.5. The highest BCUT2D eigenvalue weighted by molar-refractivity contribution is 5.98. The summed E-state index contributed by atoms with van der Waals surface area (Å²) in [4.78, 5) is 37.8. The average Bonchev–Trinajstić information content (AvgIpc) is 2.58. The highest BCUT2D eigenvalue weighted by Crippen LogP contribution is 2.16. The number of amides is 2. The predicted molar refractivity (Wildman–Crippen MR) is 85.6 cm³/mol. The van der Waals surface area contributed by atoms with Crippen LogP contribution in [-0.2, 0) is 25.7 Å². The minimum absolute atomic E-state index is 0.0423. The number of carbonyl (C=O) groups is 3. The van der Waals surface area contributed by atoms with Crippen LogP contribution in [0.15, 0.2) is 43.0 Å². The Hall–Kier alpha value is -2.67. The maximum atomic E-state index is 12.6. The van der Waals surface area contributed by atoms with Gasteiger partial charge in [0.15, 0.2) is 0 Å². The quantitative estimate of drug-likeness (QED) is 0.541. The lowest BCUT2D eigenvalue weighted by Gasteiger charge is -2.38. The van der Waals surface area contributed by atoms with E-state index in [0.717, 1.165) is 5.56 Å². The molecular weight excluding hydrogens is 312 g/mol. The molecule has 1 aliphatic heterocycles. The number of aliphatic hydroxyl groups excluding tert-OH is 1. The molecule has 0 spiro atoms. The lowest BCUT2D eigenvalue weighted by atomic mass is 10.0. The van der Waals surface area contributed by atoms with Crippen molar-refractivity contribution in [3.05, 3.63) is 48.6 Å². The van der Waals surface area contributed by atoms with Crippen molar-refractivity contribution in [1.29, 1.82) is 0 Å². The molecular formula is C17H20N2O5. The summed E-state index contributed by atoms with van der Waals surface area (Å²) in [6, 6.07) is 7.16. The summed E-state index contributed by atoms with van der Waals surface area (Å²) in [5, 5.41) is 11.9. The van der Waals surface area contributed by atoms with Gasteiger partial charge in [-0.1, -0.05) is 43.0 Å². The van der Waals surface area contributed by atoms with E-state index in [1.165, 1.54) is 11.0 Å². The largest absolute Gasteiger partial charge is 0.461 e. The third-order valence-electron chi connectivity index (χ3n) is 3.68. The summed E-state index contributed by atoms with van der Waals surface area (Å²) in [5.41, 5.74) is 0.826. The van der Waals surface area contributed by atoms with E-state index in [4.69, 9.17) is 4.74 Å². The fraction of sp³-hybridized carbons (Fsp3) is 0.353.